The highest BCUT2D eigenvalue weighted by molar-refractivity contribution is 5.93. The molecule has 2 aromatic carbocycles. The first kappa shape index (κ1) is 31.9. The zero-order valence-electron chi connectivity index (χ0n) is 27.2. The van der Waals surface area contributed by atoms with Crippen LogP contribution in [0.25, 0.3) is 0 Å². The van der Waals surface area contributed by atoms with Crippen molar-refractivity contribution < 1.29 is 9.59 Å². The molecule has 240 valence electrons. The minimum atomic E-state index is 0.146. The van der Waals surface area contributed by atoms with Crippen molar-refractivity contribution in [3.05, 3.63) is 90.5 Å². The van der Waals surface area contributed by atoms with Gasteiger partial charge in [0.05, 0.1) is 0 Å². The van der Waals surface area contributed by atoms with E-state index in [4.69, 9.17) is 0 Å². The molecule has 2 aromatic rings. The number of carbonyl (C=O) groups excluding carboxylic acids is 2. The Hall–Kier alpha value is -3.02. The van der Waals surface area contributed by atoms with Crippen molar-refractivity contribution in [2.45, 2.75) is 77.2 Å². The number of Topliss-reactive ketones (excluding diaryl/α,β-unsaturated/α-hetero) is 1. The quantitative estimate of drug-likeness (QED) is 0.221. The number of benzene rings is 2. The topological polar surface area (TPSA) is 43.9 Å². The Labute approximate surface area is 271 Å². The highest BCUT2D eigenvalue weighted by Gasteiger charge is 2.47. The first-order chi connectivity index (χ1) is 22.1. The number of anilines is 1. The van der Waals surface area contributed by atoms with Crippen LogP contribution < -0.4 is 4.90 Å². The molecule has 1 amide bonds. The number of likely N-dealkylation sites (tertiary alicyclic amines) is 2. The number of carbonyl (C=O) groups is 2. The molecule has 2 saturated heterocycles. The number of nitrogens with zero attached hydrogens (tertiary/aromatic N) is 3. The van der Waals surface area contributed by atoms with E-state index in [1.807, 2.05) is 35.2 Å². The van der Waals surface area contributed by atoms with Crippen LogP contribution in [0.4, 0.5) is 5.69 Å². The molecule has 0 radical (unpaired) electrons. The first-order valence-electron chi connectivity index (χ1n) is 17.8. The average Bonchev–Trinajstić information content (AvgIpc) is 3.68. The van der Waals surface area contributed by atoms with Gasteiger partial charge in [-0.2, -0.15) is 0 Å². The monoisotopic (exact) mass is 607 g/mol. The SMILES string of the molecule is O=C(CCCC(=O)N(CCCN1CCC2(CCC3C=CC=CC32)CC1)c1ccccc1)CCC1CCN(Cc2ccccc2)C1. The molecule has 3 unspecified atom stereocenters. The Bertz CT molecular complexity index is 1300. The zero-order valence-corrected chi connectivity index (χ0v) is 27.2. The van der Waals surface area contributed by atoms with Crippen LogP contribution in [0.1, 0.15) is 76.2 Å². The van der Waals surface area contributed by atoms with Crippen LogP contribution in [0.15, 0.2) is 85.0 Å². The van der Waals surface area contributed by atoms with Gasteiger partial charge in [-0.1, -0.05) is 72.8 Å². The van der Waals surface area contributed by atoms with Crippen molar-refractivity contribution in [2.75, 3.05) is 44.2 Å². The summed E-state index contributed by atoms with van der Waals surface area (Å²) in [5.41, 5.74) is 2.84. The molecule has 5 nitrogen and oxygen atoms in total. The third-order valence-electron chi connectivity index (χ3n) is 11.3. The molecule has 1 saturated carbocycles. The van der Waals surface area contributed by atoms with Crippen molar-refractivity contribution >= 4 is 17.4 Å². The Morgan fingerprint density at radius 3 is 2.33 bits per heavy atom. The number of allylic oxidation sites excluding steroid dienone is 4. The summed E-state index contributed by atoms with van der Waals surface area (Å²) in [4.78, 5) is 33.3. The van der Waals surface area contributed by atoms with Crippen molar-refractivity contribution in [3.8, 4) is 0 Å². The van der Waals surface area contributed by atoms with Crippen molar-refractivity contribution in [2.24, 2.45) is 23.2 Å². The van der Waals surface area contributed by atoms with Crippen LogP contribution in [-0.4, -0.2) is 60.8 Å². The highest BCUT2D eigenvalue weighted by Crippen LogP contribution is 2.55. The molecule has 5 heteroatoms. The summed E-state index contributed by atoms with van der Waals surface area (Å²) in [5.74, 6) is 2.56. The second kappa shape index (κ2) is 15.5. The van der Waals surface area contributed by atoms with E-state index in [1.165, 1.54) is 50.8 Å². The predicted octanol–water partition coefficient (Wildman–Crippen LogP) is 7.69. The lowest BCUT2D eigenvalue weighted by Crippen LogP contribution is -2.43. The van der Waals surface area contributed by atoms with E-state index >= 15 is 0 Å². The smallest absolute Gasteiger partial charge is 0.226 e. The van der Waals surface area contributed by atoms with E-state index in [9.17, 15) is 9.59 Å². The van der Waals surface area contributed by atoms with E-state index in [0.717, 1.165) is 63.1 Å². The van der Waals surface area contributed by atoms with Crippen molar-refractivity contribution in [1.82, 2.24) is 9.80 Å². The van der Waals surface area contributed by atoms with Gasteiger partial charge in [0.15, 0.2) is 0 Å². The van der Waals surface area contributed by atoms with Gasteiger partial charge in [-0.05, 0) is 118 Å². The molecule has 2 aliphatic carbocycles. The van der Waals surface area contributed by atoms with E-state index < -0.39 is 0 Å². The molecule has 1 spiro atoms. The number of piperidine rings is 1. The number of para-hydroxylation sites is 1. The standard InChI is InChI=1S/C40H53N3O2/c44-37(20-19-34-22-28-42(32-34)31-33-11-3-1-4-12-33)16-9-18-39(45)43(36-14-5-2-6-15-36)27-10-26-41-29-24-40(25-30-41)23-21-35-13-7-8-17-38(35)40/h1-8,11-15,17,34-35,38H,9-10,16,18-32H2. The van der Waals surface area contributed by atoms with Gasteiger partial charge in [-0.25, -0.2) is 0 Å². The summed E-state index contributed by atoms with van der Waals surface area (Å²) in [6.07, 6.45) is 20.1. The fourth-order valence-electron chi connectivity index (χ4n) is 8.67. The molecule has 45 heavy (non-hydrogen) atoms. The zero-order chi connectivity index (χ0) is 30.9. The molecule has 2 aliphatic heterocycles. The Kier molecular flexibility index (Phi) is 11.0. The summed E-state index contributed by atoms with van der Waals surface area (Å²) in [6.45, 7) is 7.33. The van der Waals surface area contributed by atoms with Gasteiger partial charge in [-0.15, -0.1) is 0 Å². The second-order valence-electron chi connectivity index (χ2n) is 14.2. The highest BCUT2D eigenvalue weighted by atomic mass is 16.2. The van der Waals surface area contributed by atoms with Gasteiger partial charge in [0.2, 0.25) is 5.91 Å². The number of amides is 1. The summed E-state index contributed by atoms with van der Waals surface area (Å²) < 4.78 is 0. The Morgan fingerprint density at radius 1 is 0.778 bits per heavy atom. The molecule has 0 aromatic heterocycles. The third-order valence-corrected chi connectivity index (χ3v) is 11.3. The maximum atomic E-state index is 13.4. The van der Waals surface area contributed by atoms with Gasteiger partial charge in [0, 0.05) is 44.6 Å². The van der Waals surface area contributed by atoms with E-state index in [-0.39, 0.29) is 5.91 Å². The van der Waals surface area contributed by atoms with Crippen LogP contribution in [0.3, 0.4) is 0 Å². The van der Waals surface area contributed by atoms with Gasteiger partial charge < -0.3 is 9.80 Å². The summed E-state index contributed by atoms with van der Waals surface area (Å²) in [6, 6.07) is 20.8. The molecule has 0 bridgehead atoms. The average molecular weight is 608 g/mol. The number of hydrogen-bond acceptors (Lipinski definition) is 4. The molecular formula is C40H53N3O2. The van der Waals surface area contributed by atoms with Gasteiger partial charge in [0.25, 0.3) is 0 Å². The van der Waals surface area contributed by atoms with Crippen molar-refractivity contribution in [3.63, 3.8) is 0 Å². The van der Waals surface area contributed by atoms with Crippen LogP contribution in [0.5, 0.6) is 0 Å². The molecule has 4 aliphatic rings. The van der Waals surface area contributed by atoms with Crippen LogP contribution in [0.2, 0.25) is 0 Å². The molecule has 3 atom stereocenters. The van der Waals surface area contributed by atoms with Crippen LogP contribution >= 0.6 is 0 Å². The van der Waals surface area contributed by atoms with Gasteiger partial charge in [0.1, 0.15) is 5.78 Å². The van der Waals surface area contributed by atoms with Crippen LogP contribution in [0, 0.1) is 23.2 Å². The minimum Gasteiger partial charge on any atom is -0.312 e. The summed E-state index contributed by atoms with van der Waals surface area (Å²) >= 11 is 0. The van der Waals surface area contributed by atoms with Crippen molar-refractivity contribution in [1.29, 1.82) is 0 Å². The molecular weight excluding hydrogens is 554 g/mol. The summed E-state index contributed by atoms with van der Waals surface area (Å²) in [5, 5.41) is 0. The molecule has 3 fully saturated rings. The molecule has 2 heterocycles. The van der Waals surface area contributed by atoms with E-state index in [1.54, 1.807) is 0 Å². The van der Waals surface area contributed by atoms with E-state index in [2.05, 4.69) is 64.4 Å². The maximum absolute atomic E-state index is 13.4. The lowest BCUT2D eigenvalue weighted by Gasteiger charge is -2.43. The number of hydrogen-bond donors (Lipinski definition) is 0. The second-order valence-corrected chi connectivity index (χ2v) is 14.2. The van der Waals surface area contributed by atoms with Gasteiger partial charge >= 0.3 is 0 Å². The third kappa shape index (κ3) is 8.42. The number of ketones is 1. The largest absolute Gasteiger partial charge is 0.312 e. The predicted molar refractivity (Wildman–Crippen MR) is 184 cm³/mol. The summed E-state index contributed by atoms with van der Waals surface area (Å²) in [7, 11) is 0. The molecule has 0 N–H and O–H groups in total. The van der Waals surface area contributed by atoms with Crippen LogP contribution in [-0.2, 0) is 16.1 Å². The number of fused-ring (bicyclic) bond motifs is 2. The van der Waals surface area contributed by atoms with Gasteiger partial charge in [-0.3, -0.25) is 14.5 Å². The number of rotatable bonds is 14. The Morgan fingerprint density at radius 2 is 1.53 bits per heavy atom. The van der Waals surface area contributed by atoms with E-state index in [0.29, 0.717) is 42.8 Å². The first-order valence-corrected chi connectivity index (χ1v) is 17.8. The maximum Gasteiger partial charge on any atom is 0.226 e. The lowest BCUT2D eigenvalue weighted by molar-refractivity contribution is -0.120. The minimum absolute atomic E-state index is 0.146. The lowest BCUT2D eigenvalue weighted by atomic mass is 9.68. The fraction of sp³-hybridized carbons (Fsp3) is 0.550. The Balaban J connectivity index is 0.900. The normalized spacial score (nSPS) is 24.2. The molecule has 6 rings (SSSR count). The fourth-order valence-corrected chi connectivity index (χ4v) is 8.67.